The van der Waals surface area contributed by atoms with Crippen LogP contribution in [0.1, 0.15) is 31.2 Å². The van der Waals surface area contributed by atoms with Crippen LogP contribution in [0.3, 0.4) is 0 Å². The molecule has 0 bridgehead atoms. The third kappa shape index (κ3) is 3.90. The van der Waals surface area contributed by atoms with E-state index in [9.17, 15) is 0 Å². The van der Waals surface area contributed by atoms with Crippen LogP contribution in [0, 0.1) is 5.92 Å². The highest BCUT2D eigenvalue weighted by Crippen LogP contribution is 2.33. The van der Waals surface area contributed by atoms with Gasteiger partial charge in [0.15, 0.2) is 0 Å². The van der Waals surface area contributed by atoms with E-state index in [-0.39, 0.29) is 0 Å². The number of benzene rings is 1. The fourth-order valence-corrected chi connectivity index (χ4v) is 3.88. The lowest BCUT2D eigenvalue weighted by atomic mass is 10.1. The van der Waals surface area contributed by atoms with Gasteiger partial charge in [-0.2, -0.15) is 0 Å². The van der Waals surface area contributed by atoms with Crippen molar-refractivity contribution < 1.29 is 0 Å². The maximum absolute atomic E-state index is 6.03. The van der Waals surface area contributed by atoms with Crippen LogP contribution in [0.5, 0.6) is 0 Å². The molecular formula is C14H20ClNS. The summed E-state index contributed by atoms with van der Waals surface area (Å²) in [5, 5.41) is 0.818. The largest absolute Gasteiger partial charge is 0.330 e. The van der Waals surface area contributed by atoms with Crippen LogP contribution in [-0.2, 0) is 6.42 Å². The van der Waals surface area contributed by atoms with Gasteiger partial charge in [-0.25, -0.2) is 0 Å². The molecule has 0 radical (unpaired) electrons. The molecule has 0 amide bonds. The van der Waals surface area contributed by atoms with Gasteiger partial charge < -0.3 is 5.73 Å². The van der Waals surface area contributed by atoms with Crippen LogP contribution in [-0.4, -0.2) is 12.3 Å². The number of rotatable bonds is 5. The van der Waals surface area contributed by atoms with Gasteiger partial charge in [0.25, 0.3) is 0 Å². The Hall–Kier alpha value is -0.180. The molecule has 2 N–H and O–H groups in total. The second-order valence-electron chi connectivity index (χ2n) is 4.75. The number of nitrogens with two attached hydrogens (primary N) is 1. The third-order valence-electron chi connectivity index (χ3n) is 3.39. The first kappa shape index (κ1) is 13.3. The number of thioether (sulfide) groups is 1. The minimum absolute atomic E-state index is 0.692. The van der Waals surface area contributed by atoms with E-state index >= 15 is 0 Å². The topological polar surface area (TPSA) is 26.0 Å². The molecule has 0 unspecified atom stereocenters. The molecule has 0 aliphatic heterocycles. The van der Waals surface area contributed by atoms with Gasteiger partial charge in [-0.15, -0.1) is 11.8 Å². The molecule has 3 heteroatoms. The standard InChI is InChI=1S/C14H20ClNS/c15-13-5-6-14(12(9-13)7-8-16)17-10-11-3-1-2-4-11/h5-6,9,11H,1-4,7-8,10,16H2. The van der Waals surface area contributed by atoms with Crippen LogP contribution < -0.4 is 5.73 Å². The molecule has 1 aromatic carbocycles. The van der Waals surface area contributed by atoms with Crippen molar-refractivity contribution in [3.05, 3.63) is 28.8 Å². The third-order valence-corrected chi connectivity index (χ3v) is 4.97. The lowest BCUT2D eigenvalue weighted by Gasteiger charge is -2.12. The SMILES string of the molecule is NCCc1cc(Cl)ccc1SCC1CCCC1. The molecule has 1 aliphatic carbocycles. The van der Waals surface area contributed by atoms with Gasteiger partial charge in [-0.3, -0.25) is 0 Å². The number of hydrogen-bond donors (Lipinski definition) is 1. The highest BCUT2D eigenvalue weighted by Gasteiger charge is 2.15. The minimum atomic E-state index is 0.692. The van der Waals surface area contributed by atoms with Crippen molar-refractivity contribution in [3.63, 3.8) is 0 Å². The normalized spacial score (nSPS) is 16.6. The molecule has 0 atom stereocenters. The second kappa shape index (κ2) is 6.67. The van der Waals surface area contributed by atoms with Gasteiger partial charge in [0.2, 0.25) is 0 Å². The monoisotopic (exact) mass is 269 g/mol. The zero-order valence-corrected chi connectivity index (χ0v) is 11.7. The summed E-state index contributed by atoms with van der Waals surface area (Å²) >= 11 is 8.01. The molecule has 1 aliphatic rings. The van der Waals surface area contributed by atoms with Gasteiger partial charge in [-0.05, 0) is 55.5 Å². The predicted octanol–water partition coefficient (Wildman–Crippen LogP) is 4.12. The summed E-state index contributed by atoms with van der Waals surface area (Å²) in [4.78, 5) is 1.37. The number of halogens is 1. The van der Waals surface area contributed by atoms with Crippen LogP contribution in [0.15, 0.2) is 23.1 Å². The molecule has 0 heterocycles. The van der Waals surface area contributed by atoms with Crippen LogP contribution in [0.2, 0.25) is 5.02 Å². The van der Waals surface area contributed by atoms with E-state index in [1.54, 1.807) is 0 Å². The summed E-state index contributed by atoms with van der Waals surface area (Å²) in [6, 6.07) is 6.19. The molecule has 2 rings (SSSR count). The summed E-state index contributed by atoms with van der Waals surface area (Å²) in [5.41, 5.74) is 6.95. The molecule has 1 saturated carbocycles. The van der Waals surface area contributed by atoms with Gasteiger partial charge in [0.1, 0.15) is 0 Å². The smallest absolute Gasteiger partial charge is 0.0409 e. The van der Waals surface area contributed by atoms with E-state index in [2.05, 4.69) is 12.1 Å². The van der Waals surface area contributed by atoms with E-state index in [0.29, 0.717) is 6.54 Å². The fraction of sp³-hybridized carbons (Fsp3) is 0.571. The average molecular weight is 270 g/mol. The Labute approximate surface area is 113 Å². The predicted molar refractivity (Wildman–Crippen MR) is 76.9 cm³/mol. The van der Waals surface area contributed by atoms with Crippen molar-refractivity contribution in [2.45, 2.75) is 37.0 Å². The number of hydrogen-bond acceptors (Lipinski definition) is 2. The molecule has 0 spiro atoms. The van der Waals surface area contributed by atoms with Gasteiger partial charge in [0.05, 0.1) is 0 Å². The summed E-state index contributed by atoms with van der Waals surface area (Å²) in [6.45, 7) is 0.692. The highest BCUT2D eigenvalue weighted by atomic mass is 35.5. The Bertz CT molecular complexity index is 361. The molecule has 0 saturated heterocycles. The van der Waals surface area contributed by atoms with Crippen molar-refractivity contribution in [2.24, 2.45) is 11.7 Å². The Kier molecular flexibility index (Phi) is 5.20. The maximum Gasteiger partial charge on any atom is 0.0409 e. The summed E-state index contributed by atoms with van der Waals surface area (Å²) < 4.78 is 0. The Morgan fingerprint density at radius 1 is 1.29 bits per heavy atom. The Balaban J connectivity index is 1.98. The van der Waals surface area contributed by atoms with Crippen molar-refractivity contribution in [3.8, 4) is 0 Å². The van der Waals surface area contributed by atoms with Crippen molar-refractivity contribution in [1.82, 2.24) is 0 Å². The molecule has 1 aromatic rings. The summed E-state index contributed by atoms with van der Waals surface area (Å²) in [6.07, 6.45) is 6.58. The Morgan fingerprint density at radius 3 is 2.76 bits per heavy atom. The molecule has 1 nitrogen and oxygen atoms in total. The lowest BCUT2D eigenvalue weighted by molar-refractivity contribution is 0.623. The fourth-order valence-electron chi connectivity index (χ4n) is 2.42. The molecule has 1 fully saturated rings. The first-order valence-corrected chi connectivity index (χ1v) is 7.77. The van der Waals surface area contributed by atoms with Crippen LogP contribution in [0.4, 0.5) is 0 Å². The van der Waals surface area contributed by atoms with E-state index in [0.717, 1.165) is 17.4 Å². The molecular weight excluding hydrogens is 250 g/mol. The van der Waals surface area contributed by atoms with Crippen LogP contribution >= 0.6 is 23.4 Å². The van der Waals surface area contributed by atoms with Crippen molar-refractivity contribution in [2.75, 3.05) is 12.3 Å². The van der Waals surface area contributed by atoms with E-state index < -0.39 is 0 Å². The quantitative estimate of drug-likeness (QED) is 0.814. The first-order chi connectivity index (χ1) is 8.29. The zero-order chi connectivity index (χ0) is 12.1. The maximum atomic E-state index is 6.03. The Morgan fingerprint density at radius 2 is 2.06 bits per heavy atom. The second-order valence-corrected chi connectivity index (χ2v) is 6.25. The van der Waals surface area contributed by atoms with Crippen molar-refractivity contribution >= 4 is 23.4 Å². The molecule has 0 aromatic heterocycles. The van der Waals surface area contributed by atoms with Gasteiger partial charge in [-0.1, -0.05) is 24.4 Å². The van der Waals surface area contributed by atoms with E-state index in [4.69, 9.17) is 17.3 Å². The van der Waals surface area contributed by atoms with Gasteiger partial charge >= 0.3 is 0 Å². The molecule has 94 valence electrons. The molecule has 17 heavy (non-hydrogen) atoms. The van der Waals surface area contributed by atoms with Crippen LogP contribution in [0.25, 0.3) is 0 Å². The summed E-state index contributed by atoms with van der Waals surface area (Å²) in [7, 11) is 0. The van der Waals surface area contributed by atoms with E-state index in [1.165, 1.54) is 41.9 Å². The average Bonchev–Trinajstić information content (AvgIpc) is 2.81. The lowest BCUT2D eigenvalue weighted by Crippen LogP contribution is -2.04. The zero-order valence-electron chi connectivity index (χ0n) is 10.1. The van der Waals surface area contributed by atoms with Gasteiger partial charge in [0, 0.05) is 15.7 Å². The van der Waals surface area contributed by atoms with Crippen molar-refractivity contribution in [1.29, 1.82) is 0 Å². The highest BCUT2D eigenvalue weighted by molar-refractivity contribution is 7.99. The minimum Gasteiger partial charge on any atom is -0.330 e. The van der Waals surface area contributed by atoms with E-state index in [1.807, 2.05) is 17.8 Å². The summed E-state index contributed by atoms with van der Waals surface area (Å²) in [5.74, 6) is 2.17. The first-order valence-electron chi connectivity index (χ1n) is 6.41.